The van der Waals surface area contributed by atoms with Gasteiger partial charge in [0.25, 0.3) is 0 Å². The van der Waals surface area contributed by atoms with E-state index in [2.05, 4.69) is 13.2 Å². The molecule has 0 aromatic heterocycles. The van der Waals surface area contributed by atoms with E-state index in [0.29, 0.717) is 0 Å². The van der Waals surface area contributed by atoms with E-state index < -0.39 is 31.3 Å². The number of hydrogen-bond acceptors (Lipinski definition) is 4. The molecule has 0 atom stereocenters. The van der Waals surface area contributed by atoms with Gasteiger partial charge in [-0.3, -0.25) is 0 Å². The van der Waals surface area contributed by atoms with Crippen molar-refractivity contribution in [1.29, 1.82) is 0 Å². The lowest BCUT2D eigenvalue weighted by Crippen LogP contribution is -1.66. The van der Waals surface area contributed by atoms with Gasteiger partial charge in [-0.2, -0.15) is 0 Å². The largest absolute Gasteiger partial charge is 0.466 e. The van der Waals surface area contributed by atoms with E-state index in [4.69, 9.17) is 77.0 Å². The second-order valence-corrected chi connectivity index (χ2v) is 6.16. The molecule has 0 heterocycles. The number of rotatable bonds is 0. The molecule has 20 heteroatoms. The molecule has 16 nitrogen and oxygen atoms in total. The molecule has 0 saturated carbocycles. The Morgan fingerprint density at radius 2 is 0.364 bits per heavy atom. The first kappa shape index (κ1) is 33.7. The number of hydrogen-bond donors (Lipinski definition) is 12. The van der Waals surface area contributed by atoms with Crippen LogP contribution < -0.4 is 0 Å². The van der Waals surface area contributed by atoms with Crippen LogP contribution in [0.5, 0.6) is 0 Å². The molecule has 0 aliphatic heterocycles. The van der Waals surface area contributed by atoms with Crippen LogP contribution in [0.4, 0.5) is 0 Å². The Hall–Kier alpha value is 0.180. The minimum absolute atomic E-state index is 3.00. The molecule has 0 amide bonds. The van der Waals surface area contributed by atoms with Gasteiger partial charge in [0.15, 0.2) is 0 Å². The molecule has 0 saturated heterocycles. The van der Waals surface area contributed by atoms with Crippen molar-refractivity contribution in [1.82, 2.24) is 0 Å². The summed E-state index contributed by atoms with van der Waals surface area (Å²) in [6, 6.07) is 0. The van der Waals surface area contributed by atoms with Crippen molar-refractivity contribution in [3.63, 3.8) is 0 Å². The molecule has 0 unspecified atom stereocenters. The van der Waals surface area contributed by atoms with Gasteiger partial charge < -0.3 is 58.7 Å². The Morgan fingerprint density at radius 1 is 0.364 bits per heavy atom. The molecule has 0 aliphatic carbocycles. The molecule has 0 bridgehead atoms. The highest BCUT2D eigenvalue weighted by molar-refractivity contribution is 7.45. The van der Waals surface area contributed by atoms with Crippen LogP contribution in [0, 0.1) is 0 Å². The summed E-state index contributed by atoms with van der Waals surface area (Å²) in [7, 11) is -18.6. The summed E-state index contributed by atoms with van der Waals surface area (Å²) >= 11 is 0. The van der Waals surface area contributed by atoms with Gasteiger partial charge >= 0.3 is 31.3 Å². The fraction of sp³-hybridized carbons (Fsp3) is 0. The minimum atomic E-state index is -4.64. The van der Waals surface area contributed by atoms with E-state index >= 15 is 0 Å². The topological polar surface area (TPSA) is 311 Å². The van der Waals surface area contributed by atoms with Crippen LogP contribution in [-0.4, -0.2) is 58.7 Å². The van der Waals surface area contributed by atoms with Gasteiger partial charge in [-0.05, 0) is 0 Å². The summed E-state index contributed by atoms with van der Waals surface area (Å²) in [4.78, 5) is 86.2. The van der Waals surface area contributed by atoms with Crippen molar-refractivity contribution in [2.24, 2.45) is 0 Å². The Kier molecular flexibility index (Phi) is 22.6. The van der Waals surface area contributed by atoms with E-state index in [0.717, 1.165) is 0 Å². The highest BCUT2D eigenvalue weighted by atomic mass is 31.2. The molecule has 140 valence electrons. The first-order valence-electron chi connectivity index (χ1n) is 3.63. The standard InChI is InChI=1S/C2H4.4H3O4P/c1-2;4*1-5(2,3)4/h1-2H2;4*(H3,1,2,3,4). The first-order valence-corrected chi connectivity index (χ1v) is 9.89. The zero-order valence-electron chi connectivity index (χ0n) is 10.2. The van der Waals surface area contributed by atoms with Crippen molar-refractivity contribution >= 4 is 31.3 Å². The minimum Gasteiger partial charge on any atom is -0.303 e. The smallest absolute Gasteiger partial charge is 0.303 e. The lowest BCUT2D eigenvalue weighted by Gasteiger charge is -1.82. The van der Waals surface area contributed by atoms with Gasteiger partial charge in [0, 0.05) is 0 Å². The van der Waals surface area contributed by atoms with Crippen LogP contribution in [0.25, 0.3) is 0 Å². The monoisotopic (exact) mass is 420 g/mol. The average Bonchev–Trinajstić information content (AvgIpc) is 1.92. The van der Waals surface area contributed by atoms with Crippen LogP contribution >= 0.6 is 31.3 Å². The van der Waals surface area contributed by atoms with Gasteiger partial charge in [-0.15, -0.1) is 13.2 Å². The average molecular weight is 420 g/mol. The molecule has 0 radical (unpaired) electrons. The fourth-order valence-electron chi connectivity index (χ4n) is 0. The van der Waals surface area contributed by atoms with Crippen LogP contribution in [-0.2, 0) is 18.3 Å². The Bertz CT molecular complexity index is 302. The van der Waals surface area contributed by atoms with Crippen LogP contribution in [0.2, 0.25) is 0 Å². The Balaban J connectivity index is -0.0000000562. The van der Waals surface area contributed by atoms with Crippen LogP contribution in [0.1, 0.15) is 0 Å². The molecule has 0 aliphatic rings. The first-order chi connectivity index (χ1) is 9.00. The Labute approximate surface area is 122 Å². The zero-order chi connectivity index (χ0) is 20.0. The van der Waals surface area contributed by atoms with Gasteiger partial charge in [0.05, 0.1) is 0 Å². The predicted octanol–water partition coefficient (Wildman–Crippen LogP) is -2.91. The quantitative estimate of drug-likeness (QED) is 0.138. The van der Waals surface area contributed by atoms with Gasteiger partial charge in [-0.25, -0.2) is 18.3 Å². The predicted molar refractivity (Wildman–Crippen MR) is 68.3 cm³/mol. The summed E-state index contributed by atoms with van der Waals surface area (Å²) < 4.78 is 35.5. The SMILES string of the molecule is C=C.O=P(O)(O)O.O=P(O)(O)O.O=P(O)(O)O.O=P(O)(O)O. The van der Waals surface area contributed by atoms with E-state index in [1.807, 2.05) is 0 Å². The molecule has 0 aromatic rings. The molecular formula is C2H16O16P4. The van der Waals surface area contributed by atoms with Gasteiger partial charge in [0.1, 0.15) is 0 Å². The summed E-state index contributed by atoms with van der Waals surface area (Å²) in [6.45, 7) is 6.00. The third-order valence-corrected chi connectivity index (χ3v) is 0. The molecule has 0 spiro atoms. The number of phosphoric acid groups is 4. The molecule has 22 heavy (non-hydrogen) atoms. The normalized spacial score (nSPS) is 10.9. The van der Waals surface area contributed by atoms with Crippen LogP contribution in [0.15, 0.2) is 13.2 Å². The molecule has 0 fully saturated rings. The van der Waals surface area contributed by atoms with Crippen LogP contribution in [0.3, 0.4) is 0 Å². The fourth-order valence-corrected chi connectivity index (χ4v) is 0. The van der Waals surface area contributed by atoms with Crippen molar-refractivity contribution in [2.75, 3.05) is 0 Å². The highest BCUT2D eigenvalue weighted by Gasteiger charge is 2.01. The molecule has 0 aromatic carbocycles. The maximum absolute atomic E-state index is 8.88. The lowest BCUT2D eigenvalue weighted by molar-refractivity contribution is 0.272. The van der Waals surface area contributed by atoms with E-state index in [-0.39, 0.29) is 0 Å². The zero-order valence-corrected chi connectivity index (χ0v) is 13.8. The van der Waals surface area contributed by atoms with E-state index in [1.54, 1.807) is 0 Å². The summed E-state index contributed by atoms with van der Waals surface area (Å²) in [5, 5.41) is 0. The van der Waals surface area contributed by atoms with E-state index in [1.165, 1.54) is 0 Å². The second kappa shape index (κ2) is 14.8. The van der Waals surface area contributed by atoms with Crippen molar-refractivity contribution in [2.45, 2.75) is 0 Å². The van der Waals surface area contributed by atoms with Crippen molar-refractivity contribution < 1.29 is 77.0 Å². The third kappa shape index (κ3) is 229000. The van der Waals surface area contributed by atoms with Crippen molar-refractivity contribution in [3.8, 4) is 0 Å². The molecule has 12 N–H and O–H groups in total. The highest BCUT2D eigenvalue weighted by Crippen LogP contribution is 2.27. The van der Waals surface area contributed by atoms with Gasteiger partial charge in [-0.1, -0.05) is 0 Å². The lowest BCUT2D eigenvalue weighted by atomic mass is 11.3. The molecular weight excluding hydrogens is 404 g/mol. The second-order valence-electron chi connectivity index (χ2n) is 2.05. The maximum Gasteiger partial charge on any atom is 0.466 e. The molecule has 0 rings (SSSR count). The van der Waals surface area contributed by atoms with Gasteiger partial charge in [0.2, 0.25) is 0 Å². The maximum atomic E-state index is 8.88. The summed E-state index contributed by atoms with van der Waals surface area (Å²) in [6.07, 6.45) is 0. The van der Waals surface area contributed by atoms with Crippen molar-refractivity contribution in [3.05, 3.63) is 13.2 Å². The summed E-state index contributed by atoms with van der Waals surface area (Å²) in [5.41, 5.74) is 0. The Morgan fingerprint density at radius 3 is 0.364 bits per heavy atom. The summed E-state index contributed by atoms with van der Waals surface area (Å²) in [5.74, 6) is 0. The third-order valence-electron chi connectivity index (χ3n) is 0. The van der Waals surface area contributed by atoms with E-state index in [9.17, 15) is 0 Å².